The second kappa shape index (κ2) is 8.14. The second-order valence-corrected chi connectivity index (χ2v) is 5.17. The van der Waals surface area contributed by atoms with Crippen molar-refractivity contribution in [2.24, 2.45) is 0 Å². The summed E-state index contributed by atoms with van der Waals surface area (Å²) in [4.78, 5) is 34.4. The van der Waals surface area contributed by atoms with Crippen molar-refractivity contribution in [2.75, 3.05) is 26.7 Å². The van der Waals surface area contributed by atoms with Crippen molar-refractivity contribution < 1.29 is 14.4 Å². The number of carbonyl (C=O) groups excluding carboxylic acids is 3. The van der Waals surface area contributed by atoms with Crippen LogP contribution in [-0.4, -0.2) is 55.6 Å². The van der Waals surface area contributed by atoms with Gasteiger partial charge in [0.25, 0.3) is 0 Å². The van der Waals surface area contributed by atoms with E-state index < -0.39 is 11.6 Å². The summed E-state index contributed by atoms with van der Waals surface area (Å²) in [5, 5.41) is 8.54. The Morgan fingerprint density at radius 2 is 1.68 bits per heavy atom. The van der Waals surface area contributed by atoms with Gasteiger partial charge in [-0.15, -0.1) is 0 Å². The highest BCUT2D eigenvalue weighted by Gasteiger charge is 2.24. The van der Waals surface area contributed by atoms with E-state index in [1.165, 1.54) is 6.92 Å². The fraction of sp³-hybridized carbons (Fsp3) is 0.769. The van der Waals surface area contributed by atoms with E-state index in [4.69, 9.17) is 0 Å². The van der Waals surface area contributed by atoms with Crippen molar-refractivity contribution in [3.8, 4) is 0 Å². The highest BCUT2D eigenvalue weighted by atomic mass is 16.1. The molecule has 0 saturated carbocycles. The van der Waals surface area contributed by atoms with Gasteiger partial charge < -0.3 is 10.6 Å². The normalized spacial score (nSPS) is 13.1. The highest BCUT2D eigenvalue weighted by Crippen LogP contribution is 2.02. The van der Waals surface area contributed by atoms with Crippen molar-refractivity contribution >= 4 is 17.3 Å². The fourth-order valence-corrected chi connectivity index (χ4v) is 1.23. The van der Waals surface area contributed by atoms with Gasteiger partial charge in [0.15, 0.2) is 11.6 Å². The van der Waals surface area contributed by atoms with Crippen LogP contribution in [0, 0.1) is 0 Å². The van der Waals surface area contributed by atoms with Crippen molar-refractivity contribution in [2.45, 2.75) is 39.3 Å². The van der Waals surface area contributed by atoms with E-state index >= 15 is 0 Å². The van der Waals surface area contributed by atoms with E-state index in [1.807, 2.05) is 0 Å². The van der Waals surface area contributed by atoms with Gasteiger partial charge in [0.05, 0.1) is 31.2 Å². The lowest BCUT2D eigenvalue weighted by Crippen LogP contribution is -2.50. The van der Waals surface area contributed by atoms with Crippen LogP contribution >= 0.6 is 0 Å². The summed E-state index contributed by atoms with van der Waals surface area (Å²) in [5.41, 5.74) is -0.711. The molecule has 0 fully saturated rings. The third-order valence-corrected chi connectivity index (χ3v) is 3.05. The number of ketones is 3. The number of Topliss-reactive ketones (excluding diaryl/α,β-unsaturated/α-hetero) is 3. The molecule has 0 saturated heterocycles. The Morgan fingerprint density at radius 1 is 1.11 bits per heavy atom. The topological polar surface area (TPSA) is 87.3 Å². The lowest BCUT2D eigenvalue weighted by molar-refractivity contribution is -0.123. The van der Waals surface area contributed by atoms with Gasteiger partial charge in [-0.2, -0.15) is 0 Å². The third kappa shape index (κ3) is 7.15. The standard InChI is InChI=1S/C13H25N3O3/c1-9(15-7-11(18)6-14-5)12(19)8-16-13(3,4)10(2)17/h9,14-16H,6-8H2,1-5H3/t9-/m0/s1. The molecule has 0 heterocycles. The predicted octanol–water partition coefficient (Wildman–Crippen LogP) is -0.721. The molecule has 0 aliphatic rings. The second-order valence-electron chi connectivity index (χ2n) is 5.17. The van der Waals surface area contributed by atoms with Gasteiger partial charge in [-0.25, -0.2) is 0 Å². The number of nitrogens with one attached hydrogen (secondary N) is 3. The minimum absolute atomic E-state index is 0.000764. The Bertz CT molecular complexity index is 340. The van der Waals surface area contributed by atoms with Crippen LogP contribution in [0.15, 0.2) is 0 Å². The molecule has 19 heavy (non-hydrogen) atoms. The summed E-state index contributed by atoms with van der Waals surface area (Å²) >= 11 is 0. The van der Waals surface area contributed by atoms with E-state index in [-0.39, 0.29) is 37.0 Å². The molecular formula is C13H25N3O3. The molecule has 6 nitrogen and oxygen atoms in total. The predicted molar refractivity (Wildman–Crippen MR) is 74.2 cm³/mol. The summed E-state index contributed by atoms with van der Waals surface area (Å²) in [6.45, 7) is 7.19. The number of hydrogen-bond acceptors (Lipinski definition) is 6. The van der Waals surface area contributed by atoms with Crippen molar-refractivity contribution in [3.63, 3.8) is 0 Å². The molecule has 110 valence electrons. The van der Waals surface area contributed by atoms with Crippen LogP contribution in [0.2, 0.25) is 0 Å². The summed E-state index contributed by atoms with van der Waals surface area (Å²) < 4.78 is 0. The van der Waals surface area contributed by atoms with Crippen LogP contribution in [0.5, 0.6) is 0 Å². The molecule has 0 spiro atoms. The molecule has 0 aromatic carbocycles. The van der Waals surface area contributed by atoms with Crippen LogP contribution in [0.4, 0.5) is 0 Å². The molecular weight excluding hydrogens is 246 g/mol. The van der Waals surface area contributed by atoms with Gasteiger partial charge in [0.1, 0.15) is 5.78 Å². The molecule has 6 heteroatoms. The zero-order valence-electron chi connectivity index (χ0n) is 12.4. The Kier molecular flexibility index (Phi) is 7.66. The Hall–Kier alpha value is -1.11. The van der Waals surface area contributed by atoms with Gasteiger partial charge in [-0.3, -0.25) is 19.7 Å². The Morgan fingerprint density at radius 3 is 2.16 bits per heavy atom. The molecule has 0 rings (SSSR count). The molecule has 0 aromatic heterocycles. The van der Waals surface area contributed by atoms with Gasteiger partial charge in [0, 0.05) is 0 Å². The third-order valence-electron chi connectivity index (χ3n) is 3.05. The minimum Gasteiger partial charge on any atom is -0.313 e. The maximum Gasteiger partial charge on any atom is 0.163 e. The van der Waals surface area contributed by atoms with Crippen molar-refractivity contribution in [1.29, 1.82) is 0 Å². The molecule has 0 bridgehead atoms. The smallest absolute Gasteiger partial charge is 0.163 e. The van der Waals surface area contributed by atoms with E-state index in [2.05, 4.69) is 16.0 Å². The van der Waals surface area contributed by atoms with E-state index in [0.717, 1.165) is 0 Å². The Balaban J connectivity index is 4.08. The summed E-state index contributed by atoms with van der Waals surface area (Å²) in [5.74, 6) is -0.101. The first-order valence-corrected chi connectivity index (χ1v) is 6.39. The molecule has 0 aromatic rings. The van der Waals surface area contributed by atoms with Crippen LogP contribution in [0.1, 0.15) is 27.7 Å². The minimum atomic E-state index is -0.711. The van der Waals surface area contributed by atoms with Gasteiger partial charge in [0.2, 0.25) is 0 Å². The molecule has 0 aliphatic heterocycles. The lowest BCUT2D eigenvalue weighted by Gasteiger charge is -2.23. The first-order valence-electron chi connectivity index (χ1n) is 6.39. The van der Waals surface area contributed by atoms with Gasteiger partial charge in [-0.05, 0) is 34.7 Å². The van der Waals surface area contributed by atoms with Gasteiger partial charge >= 0.3 is 0 Å². The van der Waals surface area contributed by atoms with E-state index in [9.17, 15) is 14.4 Å². The summed E-state index contributed by atoms with van der Waals surface area (Å²) in [6, 6.07) is -0.420. The quantitative estimate of drug-likeness (QED) is 0.486. The van der Waals surface area contributed by atoms with Crippen LogP contribution in [-0.2, 0) is 14.4 Å². The van der Waals surface area contributed by atoms with Crippen molar-refractivity contribution in [1.82, 2.24) is 16.0 Å². The molecule has 0 aliphatic carbocycles. The maximum absolute atomic E-state index is 11.8. The number of carbonyl (C=O) groups is 3. The first-order chi connectivity index (χ1) is 8.70. The van der Waals surface area contributed by atoms with Gasteiger partial charge in [-0.1, -0.05) is 0 Å². The molecule has 3 N–H and O–H groups in total. The molecule has 0 radical (unpaired) electrons. The Labute approximate surface area is 114 Å². The van der Waals surface area contributed by atoms with Crippen molar-refractivity contribution in [3.05, 3.63) is 0 Å². The maximum atomic E-state index is 11.8. The fourth-order valence-electron chi connectivity index (χ4n) is 1.23. The number of rotatable bonds is 10. The van der Waals surface area contributed by atoms with Crippen LogP contribution < -0.4 is 16.0 Å². The zero-order valence-corrected chi connectivity index (χ0v) is 12.4. The zero-order chi connectivity index (χ0) is 15.1. The van der Waals surface area contributed by atoms with Crippen LogP contribution in [0.25, 0.3) is 0 Å². The monoisotopic (exact) mass is 271 g/mol. The average molecular weight is 271 g/mol. The summed E-state index contributed by atoms with van der Waals surface area (Å²) in [6.07, 6.45) is 0. The number of hydrogen-bond donors (Lipinski definition) is 3. The molecule has 0 unspecified atom stereocenters. The van der Waals surface area contributed by atoms with E-state index in [0.29, 0.717) is 0 Å². The van der Waals surface area contributed by atoms with E-state index in [1.54, 1.807) is 27.8 Å². The summed E-state index contributed by atoms with van der Waals surface area (Å²) in [7, 11) is 1.69. The highest BCUT2D eigenvalue weighted by molar-refractivity contribution is 5.89. The lowest BCUT2D eigenvalue weighted by atomic mass is 10.00. The largest absolute Gasteiger partial charge is 0.313 e. The van der Waals surface area contributed by atoms with Crippen LogP contribution in [0.3, 0.4) is 0 Å². The average Bonchev–Trinajstić information content (AvgIpc) is 2.33. The molecule has 0 amide bonds. The first kappa shape index (κ1) is 17.9. The SMILES string of the molecule is CNCC(=O)CN[C@@H](C)C(=O)CNC(C)(C)C(C)=O. The molecule has 1 atom stereocenters. The number of likely N-dealkylation sites (N-methyl/N-ethyl adjacent to an activating group) is 1.